The summed E-state index contributed by atoms with van der Waals surface area (Å²) in [6.45, 7) is 9.58. The van der Waals surface area contributed by atoms with Crippen molar-refractivity contribution in [2.45, 2.75) is 45.4 Å². The molecule has 0 bridgehead atoms. The molecule has 27 heavy (non-hydrogen) atoms. The molecule has 150 valence electrons. The second-order valence-corrected chi connectivity index (χ2v) is 8.22. The Morgan fingerprint density at radius 1 is 1.41 bits per heavy atom. The van der Waals surface area contributed by atoms with E-state index in [9.17, 15) is 4.79 Å². The third-order valence-electron chi connectivity index (χ3n) is 4.87. The predicted molar refractivity (Wildman–Crippen MR) is 110 cm³/mol. The van der Waals surface area contributed by atoms with E-state index in [1.54, 1.807) is 7.05 Å². The molecule has 2 rings (SSSR count). The van der Waals surface area contributed by atoms with Crippen molar-refractivity contribution in [3.05, 3.63) is 29.8 Å². The summed E-state index contributed by atoms with van der Waals surface area (Å²) in [6.07, 6.45) is 2.54. The first-order chi connectivity index (χ1) is 12.8. The molecule has 3 N–H and O–H groups in total. The zero-order valence-corrected chi connectivity index (χ0v) is 17.1. The molecule has 1 saturated heterocycles. The Bertz CT molecular complexity index is 652. The highest BCUT2D eigenvalue weighted by atomic mass is 16.5. The number of nitrogens with zero attached hydrogens (tertiary/aromatic N) is 2. The number of nitrogens with two attached hydrogens (primary N) is 1. The molecule has 1 amide bonds. The molecule has 1 unspecified atom stereocenters. The Balaban J connectivity index is 1.81. The number of amides is 1. The Morgan fingerprint density at radius 3 is 2.85 bits per heavy atom. The van der Waals surface area contributed by atoms with Crippen molar-refractivity contribution in [3.63, 3.8) is 0 Å². The SMILES string of the molecule is CN=C(NCCOc1cccc(C(C)(C)C)c1)N1CCCC(CC(N)=O)C1. The van der Waals surface area contributed by atoms with Gasteiger partial charge in [0.15, 0.2) is 5.96 Å². The molecule has 0 aliphatic carbocycles. The van der Waals surface area contributed by atoms with Crippen LogP contribution >= 0.6 is 0 Å². The highest BCUT2D eigenvalue weighted by Gasteiger charge is 2.23. The number of benzene rings is 1. The smallest absolute Gasteiger partial charge is 0.217 e. The Labute approximate surface area is 163 Å². The van der Waals surface area contributed by atoms with Gasteiger partial charge in [-0.15, -0.1) is 0 Å². The normalized spacial score (nSPS) is 18.3. The van der Waals surface area contributed by atoms with Crippen LogP contribution in [0.2, 0.25) is 0 Å². The van der Waals surface area contributed by atoms with Crippen LogP contribution in [-0.2, 0) is 10.2 Å². The van der Waals surface area contributed by atoms with E-state index in [0.717, 1.165) is 37.6 Å². The van der Waals surface area contributed by atoms with Crippen LogP contribution in [0, 0.1) is 5.92 Å². The number of ether oxygens (including phenoxy) is 1. The topological polar surface area (TPSA) is 80.0 Å². The summed E-state index contributed by atoms with van der Waals surface area (Å²) in [4.78, 5) is 17.8. The van der Waals surface area contributed by atoms with Crippen molar-refractivity contribution in [1.29, 1.82) is 0 Å². The fourth-order valence-electron chi connectivity index (χ4n) is 3.42. The molecule has 1 aromatic rings. The molecule has 1 atom stereocenters. The first kappa shape index (κ1) is 21.1. The molecule has 0 radical (unpaired) electrons. The minimum atomic E-state index is -0.226. The quantitative estimate of drug-likeness (QED) is 0.455. The largest absolute Gasteiger partial charge is 0.492 e. The van der Waals surface area contributed by atoms with Gasteiger partial charge in [0.25, 0.3) is 0 Å². The number of carbonyl (C=O) groups is 1. The van der Waals surface area contributed by atoms with Gasteiger partial charge < -0.3 is 20.7 Å². The zero-order chi connectivity index (χ0) is 19.9. The summed E-state index contributed by atoms with van der Waals surface area (Å²) < 4.78 is 5.90. The van der Waals surface area contributed by atoms with Crippen molar-refractivity contribution in [1.82, 2.24) is 10.2 Å². The van der Waals surface area contributed by atoms with Gasteiger partial charge in [-0.25, -0.2) is 0 Å². The average Bonchev–Trinajstić information content (AvgIpc) is 2.61. The Hall–Kier alpha value is -2.24. The summed E-state index contributed by atoms with van der Waals surface area (Å²) in [5.74, 6) is 1.83. The lowest BCUT2D eigenvalue weighted by Crippen LogP contribution is -2.48. The van der Waals surface area contributed by atoms with Gasteiger partial charge in [0.05, 0.1) is 6.54 Å². The second-order valence-electron chi connectivity index (χ2n) is 8.22. The lowest BCUT2D eigenvalue weighted by Gasteiger charge is -2.34. The van der Waals surface area contributed by atoms with E-state index in [2.05, 4.69) is 48.1 Å². The van der Waals surface area contributed by atoms with Crippen LogP contribution in [0.3, 0.4) is 0 Å². The van der Waals surface area contributed by atoms with Crippen molar-refractivity contribution in [2.75, 3.05) is 33.3 Å². The summed E-state index contributed by atoms with van der Waals surface area (Å²) in [6, 6.07) is 8.26. The summed E-state index contributed by atoms with van der Waals surface area (Å²) >= 11 is 0. The highest BCUT2D eigenvalue weighted by molar-refractivity contribution is 5.80. The monoisotopic (exact) mass is 374 g/mol. The van der Waals surface area contributed by atoms with Gasteiger partial charge >= 0.3 is 0 Å². The number of hydrogen-bond donors (Lipinski definition) is 2. The molecule has 0 spiro atoms. The minimum absolute atomic E-state index is 0.107. The fraction of sp³-hybridized carbons (Fsp3) is 0.619. The molecule has 1 aliphatic rings. The van der Waals surface area contributed by atoms with Gasteiger partial charge in [0, 0.05) is 26.6 Å². The highest BCUT2D eigenvalue weighted by Crippen LogP contribution is 2.25. The predicted octanol–water partition coefficient (Wildman–Crippen LogP) is 2.53. The van der Waals surface area contributed by atoms with E-state index in [1.807, 2.05) is 12.1 Å². The average molecular weight is 375 g/mol. The number of piperidine rings is 1. The fourth-order valence-corrected chi connectivity index (χ4v) is 3.42. The summed E-state index contributed by atoms with van der Waals surface area (Å²) in [5, 5.41) is 3.36. The third kappa shape index (κ3) is 6.77. The number of likely N-dealkylation sites (tertiary alicyclic amines) is 1. The molecule has 6 heteroatoms. The van der Waals surface area contributed by atoms with Gasteiger partial charge in [-0.3, -0.25) is 9.79 Å². The molecular weight excluding hydrogens is 340 g/mol. The van der Waals surface area contributed by atoms with Crippen LogP contribution in [0.5, 0.6) is 5.75 Å². The number of rotatable bonds is 6. The number of hydrogen-bond acceptors (Lipinski definition) is 3. The molecule has 0 aromatic heterocycles. The zero-order valence-electron chi connectivity index (χ0n) is 17.1. The van der Waals surface area contributed by atoms with Crippen LogP contribution < -0.4 is 15.8 Å². The molecular formula is C21H34N4O2. The van der Waals surface area contributed by atoms with Crippen molar-refractivity contribution < 1.29 is 9.53 Å². The van der Waals surface area contributed by atoms with E-state index in [4.69, 9.17) is 10.5 Å². The molecule has 1 aliphatic heterocycles. The van der Waals surface area contributed by atoms with Crippen LogP contribution in [0.4, 0.5) is 0 Å². The van der Waals surface area contributed by atoms with Crippen molar-refractivity contribution >= 4 is 11.9 Å². The summed E-state index contributed by atoms with van der Waals surface area (Å²) in [7, 11) is 1.79. The van der Waals surface area contributed by atoms with Gasteiger partial charge in [0.2, 0.25) is 5.91 Å². The lowest BCUT2D eigenvalue weighted by atomic mass is 9.87. The van der Waals surface area contributed by atoms with Gasteiger partial charge in [-0.1, -0.05) is 32.9 Å². The van der Waals surface area contributed by atoms with Gasteiger partial charge in [0.1, 0.15) is 12.4 Å². The van der Waals surface area contributed by atoms with Crippen LogP contribution in [0.1, 0.15) is 45.6 Å². The lowest BCUT2D eigenvalue weighted by molar-refractivity contribution is -0.119. The maximum atomic E-state index is 11.2. The molecule has 1 fully saturated rings. The number of carbonyl (C=O) groups excluding carboxylic acids is 1. The van der Waals surface area contributed by atoms with Crippen LogP contribution in [-0.4, -0.2) is 50.1 Å². The molecule has 1 aromatic carbocycles. The van der Waals surface area contributed by atoms with Crippen LogP contribution in [0.25, 0.3) is 0 Å². The van der Waals surface area contributed by atoms with E-state index in [-0.39, 0.29) is 11.3 Å². The Kier molecular flexibility index (Phi) is 7.51. The third-order valence-corrected chi connectivity index (χ3v) is 4.87. The van der Waals surface area contributed by atoms with Gasteiger partial charge in [-0.2, -0.15) is 0 Å². The van der Waals surface area contributed by atoms with Crippen molar-refractivity contribution in [3.8, 4) is 5.75 Å². The van der Waals surface area contributed by atoms with E-state index < -0.39 is 0 Å². The summed E-state index contributed by atoms with van der Waals surface area (Å²) in [5.41, 5.74) is 6.72. The van der Waals surface area contributed by atoms with Crippen LogP contribution in [0.15, 0.2) is 29.3 Å². The first-order valence-electron chi connectivity index (χ1n) is 9.77. The molecule has 6 nitrogen and oxygen atoms in total. The number of nitrogens with one attached hydrogen (secondary N) is 1. The van der Waals surface area contributed by atoms with Gasteiger partial charge in [-0.05, 0) is 41.9 Å². The Morgan fingerprint density at radius 2 is 2.19 bits per heavy atom. The van der Waals surface area contributed by atoms with Crippen molar-refractivity contribution in [2.24, 2.45) is 16.6 Å². The van der Waals surface area contributed by atoms with E-state index in [1.165, 1.54) is 5.56 Å². The van der Waals surface area contributed by atoms with E-state index in [0.29, 0.717) is 25.5 Å². The molecule has 1 heterocycles. The molecule has 0 saturated carbocycles. The van der Waals surface area contributed by atoms with E-state index >= 15 is 0 Å². The number of primary amides is 1. The minimum Gasteiger partial charge on any atom is -0.492 e. The maximum absolute atomic E-state index is 11.2. The number of guanidine groups is 1. The standard InChI is InChI=1S/C21H34N4O2/c1-21(2,3)17-8-5-9-18(14-17)27-12-10-24-20(23-4)25-11-6-7-16(15-25)13-19(22)26/h5,8-9,14,16H,6-7,10-13,15H2,1-4H3,(H2,22,26)(H,23,24). The maximum Gasteiger partial charge on any atom is 0.217 e. The first-order valence-corrected chi connectivity index (χ1v) is 9.77. The second kappa shape index (κ2) is 9.62. The number of aliphatic imine (C=N–C) groups is 1.